The molecule has 0 aliphatic heterocycles. The molecule has 0 aromatic heterocycles. The van der Waals surface area contributed by atoms with Crippen molar-refractivity contribution in [3.05, 3.63) is 39.4 Å². The summed E-state index contributed by atoms with van der Waals surface area (Å²) >= 11 is 0. The third-order valence-corrected chi connectivity index (χ3v) is 1.68. The van der Waals surface area contributed by atoms with E-state index in [4.69, 9.17) is 10.2 Å². The Hall–Kier alpha value is -0.959. The summed E-state index contributed by atoms with van der Waals surface area (Å²) in [5, 5.41) is 27.8. The molecule has 0 aliphatic rings. The second kappa shape index (κ2) is 5.95. The van der Waals surface area contributed by atoms with E-state index in [1.807, 2.05) is 0 Å². The molecule has 8 heteroatoms. The molecule has 2 N–H and O–H groups in total. The number of rotatable bonds is 3. The van der Waals surface area contributed by atoms with Gasteiger partial charge in [0.2, 0.25) is 0 Å². The Bertz CT molecular complexity index is 435. The van der Waals surface area contributed by atoms with Crippen molar-refractivity contribution >= 4 is 63.1 Å². The Labute approximate surface area is 129 Å². The van der Waals surface area contributed by atoms with Crippen LogP contribution in [0, 0.1) is 10.1 Å². The largest absolute Gasteiger partial charge is 2.00 e. The first-order valence-corrected chi connectivity index (χ1v) is 3.69. The van der Waals surface area contributed by atoms with E-state index in [2.05, 4.69) is 0 Å². The van der Waals surface area contributed by atoms with Gasteiger partial charge in [0.15, 0.2) is 5.56 Å². The van der Waals surface area contributed by atoms with E-state index in [9.17, 15) is 19.7 Å². The third-order valence-electron chi connectivity index (χ3n) is 1.68. The second-order valence-electron chi connectivity index (χ2n) is 2.57. The van der Waals surface area contributed by atoms with Gasteiger partial charge in [-0.25, -0.2) is 9.59 Å². The predicted octanol–water partition coefficient (Wildman–Crippen LogP) is 0.835. The van der Waals surface area contributed by atoms with Crippen molar-refractivity contribution in [2.24, 2.45) is 0 Å². The molecule has 1 aromatic rings. The molecule has 0 fully saturated rings. The Morgan fingerprint density at radius 3 is 2.19 bits per heavy atom. The van der Waals surface area contributed by atoms with Crippen molar-refractivity contribution < 1.29 is 27.6 Å². The molecule has 7 nitrogen and oxygen atoms in total. The fourth-order valence-electron chi connectivity index (χ4n) is 1.10. The van der Waals surface area contributed by atoms with Crippen molar-refractivity contribution in [1.29, 1.82) is 0 Å². The van der Waals surface area contributed by atoms with Gasteiger partial charge < -0.3 is 13.1 Å². The summed E-state index contributed by atoms with van der Waals surface area (Å²) in [4.78, 5) is 30.8. The number of nitrogens with zero attached hydrogens (tertiary/aromatic N) is 1. The van der Waals surface area contributed by atoms with Crippen LogP contribution in [0.25, 0.3) is 0 Å². The van der Waals surface area contributed by atoms with Crippen molar-refractivity contribution in [3.8, 4) is 0 Å². The molecule has 0 saturated heterocycles. The zero-order valence-corrected chi connectivity index (χ0v) is 11.4. The summed E-state index contributed by atoms with van der Waals surface area (Å²) in [7, 11) is 0. The minimum Gasteiger partial charge on any atom is -1.00 e. The molecule has 0 spiro atoms. The molecular weight excluding hydrogens is 294 g/mol. The molecule has 1 aromatic carbocycles. The summed E-state index contributed by atoms with van der Waals surface area (Å²) in [6.45, 7) is 0. The molecular formula is C8H7NO6Sr. The van der Waals surface area contributed by atoms with Crippen LogP contribution in [0.3, 0.4) is 0 Å². The first-order chi connectivity index (χ1) is 6.95. The minimum atomic E-state index is -1.64. The minimum absolute atomic E-state index is 0. The number of benzene rings is 1. The van der Waals surface area contributed by atoms with Crippen LogP contribution in [0.4, 0.5) is 5.69 Å². The van der Waals surface area contributed by atoms with Crippen LogP contribution in [0.5, 0.6) is 0 Å². The molecule has 82 valence electrons. The van der Waals surface area contributed by atoms with Crippen LogP contribution in [0.2, 0.25) is 0 Å². The number of hydrogen-bond donors (Lipinski definition) is 2. The van der Waals surface area contributed by atoms with Crippen molar-refractivity contribution in [3.63, 3.8) is 0 Å². The summed E-state index contributed by atoms with van der Waals surface area (Å²) in [6.07, 6.45) is 0. The van der Waals surface area contributed by atoms with Gasteiger partial charge in [0.25, 0.3) is 5.69 Å². The number of carboxylic acid groups (broad SMARTS) is 2. The Balaban J connectivity index is -0.000000750. The quantitative estimate of drug-likeness (QED) is 0.485. The Morgan fingerprint density at radius 1 is 1.25 bits per heavy atom. The number of nitro groups is 1. The maximum atomic E-state index is 10.7. The number of aromatic carboxylic acids is 2. The van der Waals surface area contributed by atoms with Gasteiger partial charge in [-0.1, -0.05) is 6.07 Å². The van der Waals surface area contributed by atoms with E-state index in [1.165, 1.54) is 0 Å². The van der Waals surface area contributed by atoms with Gasteiger partial charge in [0, 0.05) is 6.07 Å². The molecule has 0 aliphatic carbocycles. The third kappa shape index (κ3) is 3.02. The molecule has 16 heavy (non-hydrogen) atoms. The maximum absolute atomic E-state index is 10.7. The number of carbonyl (C=O) groups is 2. The molecule has 0 heterocycles. The van der Waals surface area contributed by atoms with Crippen LogP contribution in [0.15, 0.2) is 18.2 Å². The Morgan fingerprint density at radius 2 is 1.81 bits per heavy atom. The molecule has 0 bridgehead atoms. The summed E-state index contributed by atoms with van der Waals surface area (Å²) < 4.78 is 0. The zero-order chi connectivity index (χ0) is 11.6. The Kier molecular flexibility index (Phi) is 5.59. The first kappa shape index (κ1) is 15.0. The molecule has 0 unspecified atom stereocenters. The van der Waals surface area contributed by atoms with Gasteiger partial charge in [0.1, 0.15) is 0 Å². The number of nitro benzene ring substituents is 1. The van der Waals surface area contributed by atoms with E-state index in [1.54, 1.807) is 0 Å². The average molecular weight is 301 g/mol. The van der Waals surface area contributed by atoms with Crippen molar-refractivity contribution in [1.82, 2.24) is 0 Å². The average Bonchev–Trinajstić information content (AvgIpc) is 2.16. The SMILES string of the molecule is O=C(O)c1cccc([N+](=O)[O-])c1C(=O)O.[H-].[H-].[Sr+2]. The fourth-order valence-corrected chi connectivity index (χ4v) is 1.10. The predicted molar refractivity (Wildman–Crippen MR) is 55.0 cm³/mol. The molecule has 0 atom stereocenters. The monoisotopic (exact) mass is 301 g/mol. The van der Waals surface area contributed by atoms with Crippen LogP contribution < -0.4 is 0 Å². The van der Waals surface area contributed by atoms with Crippen LogP contribution in [-0.2, 0) is 0 Å². The maximum Gasteiger partial charge on any atom is 2.00 e. The van der Waals surface area contributed by atoms with Crippen molar-refractivity contribution in [2.45, 2.75) is 0 Å². The smallest absolute Gasteiger partial charge is 1.00 e. The van der Waals surface area contributed by atoms with Gasteiger partial charge in [0.05, 0.1) is 10.5 Å². The van der Waals surface area contributed by atoms with E-state index < -0.39 is 33.7 Å². The molecule has 1 rings (SSSR count). The normalized spacial score (nSPS) is 9.00. The second-order valence-corrected chi connectivity index (χ2v) is 2.57. The fraction of sp³-hybridized carbons (Fsp3) is 0. The first-order valence-electron chi connectivity index (χ1n) is 3.69. The van der Waals surface area contributed by atoms with E-state index in [0.29, 0.717) is 0 Å². The molecule has 0 amide bonds. The summed E-state index contributed by atoms with van der Waals surface area (Å²) in [6, 6.07) is 3.06. The standard InChI is InChI=1S/C8H5NO6.Sr.2H/c10-7(11)4-2-1-3-5(9(14)15)6(4)8(12)13;;;/h1-3H,(H,10,11)(H,12,13);;;/q;+2;2*-1. The van der Waals surface area contributed by atoms with Crippen molar-refractivity contribution in [2.75, 3.05) is 0 Å². The molecule has 0 radical (unpaired) electrons. The van der Waals surface area contributed by atoms with Gasteiger partial charge in [-0.15, -0.1) is 0 Å². The zero-order valence-electron chi connectivity index (χ0n) is 9.91. The molecule has 0 saturated carbocycles. The summed E-state index contributed by atoms with van der Waals surface area (Å²) in [5.41, 5.74) is -2.14. The topological polar surface area (TPSA) is 118 Å². The van der Waals surface area contributed by atoms with Gasteiger partial charge >= 0.3 is 57.4 Å². The van der Waals surface area contributed by atoms with Gasteiger partial charge in [-0.2, -0.15) is 0 Å². The van der Waals surface area contributed by atoms with Gasteiger partial charge in [-0.3, -0.25) is 10.1 Å². The number of hydrogen-bond acceptors (Lipinski definition) is 4. The van der Waals surface area contributed by atoms with Gasteiger partial charge in [-0.05, 0) is 6.07 Å². The number of carboxylic acids is 2. The van der Waals surface area contributed by atoms with E-state index in [-0.39, 0.29) is 48.3 Å². The summed E-state index contributed by atoms with van der Waals surface area (Å²) in [5.74, 6) is -3.16. The van der Waals surface area contributed by atoms with Crippen LogP contribution in [-0.4, -0.2) is 72.6 Å². The van der Waals surface area contributed by atoms with E-state index >= 15 is 0 Å². The van der Waals surface area contributed by atoms with Crippen LogP contribution >= 0.6 is 0 Å². The van der Waals surface area contributed by atoms with Crippen LogP contribution in [0.1, 0.15) is 23.6 Å². The van der Waals surface area contributed by atoms with E-state index in [0.717, 1.165) is 18.2 Å².